The second kappa shape index (κ2) is 8.30. The maximum Gasteiger partial charge on any atom is 0.303 e. The number of benzene rings is 1. The molecule has 0 aliphatic carbocycles. The molecule has 112 valence electrons. The maximum atomic E-state index is 10.6. The van der Waals surface area contributed by atoms with Crippen LogP contribution in [-0.4, -0.2) is 27.8 Å². The summed E-state index contributed by atoms with van der Waals surface area (Å²) >= 11 is 0. The Kier molecular flexibility index (Phi) is 6.70. The highest BCUT2D eigenvalue weighted by atomic mass is 16.4. The number of aromatic hydroxyl groups is 2. The molecule has 0 aliphatic rings. The molecule has 0 amide bonds. The van der Waals surface area contributed by atoms with Crippen LogP contribution in [0.15, 0.2) is 12.1 Å². The molecule has 0 bridgehead atoms. The van der Waals surface area contributed by atoms with Crippen molar-refractivity contribution < 1.29 is 20.1 Å². The molecular weight excluding hydrogens is 258 g/mol. The fraction of sp³-hybridized carbons (Fsp3) is 0.533. The van der Waals surface area contributed by atoms with Crippen molar-refractivity contribution in [2.75, 3.05) is 11.9 Å². The second-order valence-corrected chi connectivity index (χ2v) is 4.88. The van der Waals surface area contributed by atoms with Gasteiger partial charge in [-0.15, -0.1) is 0 Å². The van der Waals surface area contributed by atoms with E-state index in [2.05, 4.69) is 12.2 Å². The van der Waals surface area contributed by atoms with E-state index < -0.39 is 5.97 Å². The number of unbranched alkanes of at least 4 members (excludes halogenated alkanes) is 3. The summed E-state index contributed by atoms with van der Waals surface area (Å²) in [5, 5.41) is 31.0. The fourth-order valence-electron chi connectivity index (χ4n) is 2.01. The van der Waals surface area contributed by atoms with Crippen LogP contribution in [-0.2, 0) is 11.2 Å². The van der Waals surface area contributed by atoms with Gasteiger partial charge in [-0.1, -0.05) is 26.2 Å². The highest BCUT2D eigenvalue weighted by Gasteiger charge is 2.10. The summed E-state index contributed by atoms with van der Waals surface area (Å²) in [5.74, 6) is -1.30. The average molecular weight is 281 g/mol. The molecular formula is C15H23NO4. The largest absolute Gasteiger partial charge is 0.504 e. The van der Waals surface area contributed by atoms with Crippen LogP contribution >= 0.6 is 0 Å². The predicted octanol–water partition coefficient (Wildman–Crippen LogP) is 3.11. The van der Waals surface area contributed by atoms with E-state index in [1.165, 1.54) is 25.0 Å². The van der Waals surface area contributed by atoms with Crippen molar-refractivity contribution in [1.29, 1.82) is 0 Å². The molecule has 0 spiro atoms. The molecule has 1 aromatic rings. The number of nitrogens with one attached hydrogen (secondary N) is 1. The Bertz CT molecular complexity index is 446. The minimum Gasteiger partial charge on any atom is -0.504 e. The van der Waals surface area contributed by atoms with Gasteiger partial charge in [0.15, 0.2) is 11.5 Å². The summed E-state index contributed by atoms with van der Waals surface area (Å²) in [6.45, 7) is 2.92. The molecule has 0 radical (unpaired) electrons. The van der Waals surface area contributed by atoms with E-state index in [0.29, 0.717) is 17.7 Å². The Hall–Kier alpha value is -1.91. The third kappa shape index (κ3) is 5.38. The number of phenols is 2. The quantitative estimate of drug-likeness (QED) is 0.317. The summed E-state index contributed by atoms with van der Waals surface area (Å²) in [5.41, 5.74) is 1.40. The van der Waals surface area contributed by atoms with Gasteiger partial charge in [-0.05, 0) is 24.5 Å². The van der Waals surface area contributed by atoms with Crippen molar-refractivity contribution in [2.45, 2.75) is 45.4 Å². The molecule has 0 saturated heterocycles. The van der Waals surface area contributed by atoms with E-state index in [1.54, 1.807) is 0 Å². The smallest absolute Gasteiger partial charge is 0.303 e. The number of hydrogen-bond donors (Lipinski definition) is 4. The maximum absolute atomic E-state index is 10.6. The third-order valence-electron chi connectivity index (χ3n) is 3.15. The van der Waals surface area contributed by atoms with Crippen LogP contribution < -0.4 is 5.32 Å². The molecule has 4 N–H and O–H groups in total. The molecule has 0 heterocycles. The number of anilines is 1. The zero-order valence-corrected chi connectivity index (χ0v) is 11.9. The number of carboxylic acid groups (broad SMARTS) is 1. The molecule has 5 nitrogen and oxygen atoms in total. The molecule has 20 heavy (non-hydrogen) atoms. The van der Waals surface area contributed by atoms with Crippen LogP contribution in [0.3, 0.4) is 0 Å². The lowest BCUT2D eigenvalue weighted by atomic mass is 10.1. The number of aryl methyl sites for hydroxylation is 1. The standard InChI is InChI=1S/C15H23NO4/c1-2-3-4-5-8-16-12-10-14(18)13(17)9-11(12)6-7-15(19)20/h9-10,16-18H,2-8H2,1H3,(H,19,20). The van der Waals surface area contributed by atoms with Crippen molar-refractivity contribution in [3.63, 3.8) is 0 Å². The number of hydrogen-bond acceptors (Lipinski definition) is 4. The highest BCUT2D eigenvalue weighted by Crippen LogP contribution is 2.32. The minimum atomic E-state index is -0.883. The molecule has 0 atom stereocenters. The predicted molar refractivity (Wildman–Crippen MR) is 78.4 cm³/mol. The molecule has 0 aliphatic heterocycles. The van der Waals surface area contributed by atoms with Gasteiger partial charge in [0.2, 0.25) is 0 Å². The van der Waals surface area contributed by atoms with E-state index in [9.17, 15) is 15.0 Å². The Balaban J connectivity index is 2.65. The fourth-order valence-corrected chi connectivity index (χ4v) is 2.01. The first-order valence-corrected chi connectivity index (χ1v) is 7.05. The first-order valence-electron chi connectivity index (χ1n) is 7.05. The first kappa shape index (κ1) is 16.1. The Morgan fingerprint density at radius 3 is 2.50 bits per heavy atom. The summed E-state index contributed by atoms with van der Waals surface area (Å²) in [6.07, 6.45) is 4.83. The number of phenolic OH excluding ortho intramolecular Hbond substituents is 2. The SMILES string of the molecule is CCCCCCNc1cc(O)c(O)cc1CCC(=O)O. The number of carbonyl (C=O) groups is 1. The number of carboxylic acids is 1. The van der Waals surface area contributed by atoms with Crippen molar-refractivity contribution in [3.05, 3.63) is 17.7 Å². The van der Waals surface area contributed by atoms with E-state index in [0.717, 1.165) is 19.4 Å². The first-order chi connectivity index (χ1) is 9.54. The zero-order valence-electron chi connectivity index (χ0n) is 11.9. The van der Waals surface area contributed by atoms with Crippen molar-refractivity contribution in [2.24, 2.45) is 0 Å². The number of rotatable bonds is 9. The van der Waals surface area contributed by atoms with Crippen LogP contribution in [0.4, 0.5) is 5.69 Å². The van der Waals surface area contributed by atoms with Gasteiger partial charge in [0.05, 0.1) is 0 Å². The van der Waals surface area contributed by atoms with Crippen LogP contribution in [0.1, 0.15) is 44.6 Å². The lowest BCUT2D eigenvalue weighted by Crippen LogP contribution is -2.06. The van der Waals surface area contributed by atoms with E-state index >= 15 is 0 Å². The Labute approximate surface area is 119 Å². The van der Waals surface area contributed by atoms with E-state index in [-0.39, 0.29) is 17.9 Å². The monoisotopic (exact) mass is 281 g/mol. The summed E-state index contributed by atoms with van der Waals surface area (Å²) < 4.78 is 0. The van der Waals surface area contributed by atoms with Crippen LogP contribution in [0.5, 0.6) is 11.5 Å². The lowest BCUT2D eigenvalue weighted by Gasteiger charge is -2.13. The second-order valence-electron chi connectivity index (χ2n) is 4.88. The van der Waals surface area contributed by atoms with E-state index in [4.69, 9.17) is 5.11 Å². The summed E-state index contributed by atoms with van der Waals surface area (Å²) in [7, 11) is 0. The van der Waals surface area contributed by atoms with Gasteiger partial charge in [-0.25, -0.2) is 0 Å². The Morgan fingerprint density at radius 1 is 1.15 bits per heavy atom. The minimum absolute atomic E-state index is 0.00523. The van der Waals surface area contributed by atoms with Crippen LogP contribution in [0, 0.1) is 0 Å². The van der Waals surface area contributed by atoms with Gasteiger partial charge in [0, 0.05) is 24.7 Å². The molecule has 0 fully saturated rings. The summed E-state index contributed by atoms with van der Waals surface area (Å²) in [6, 6.07) is 2.87. The van der Waals surface area contributed by atoms with Crippen molar-refractivity contribution >= 4 is 11.7 Å². The van der Waals surface area contributed by atoms with Gasteiger partial charge >= 0.3 is 5.97 Å². The topological polar surface area (TPSA) is 89.8 Å². The van der Waals surface area contributed by atoms with Gasteiger partial charge in [0.25, 0.3) is 0 Å². The van der Waals surface area contributed by atoms with Gasteiger partial charge in [-0.2, -0.15) is 0 Å². The van der Waals surface area contributed by atoms with Crippen LogP contribution in [0.2, 0.25) is 0 Å². The third-order valence-corrected chi connectivity index (χ3v) is 3.15. The lowest BCUT2D eigenvalue weighted by molar-refractivity contribution is -0.136. The molecule has 0 unspecified atom stereocenters. The molecule has 5 heteroatoms. The van der Waals surface area contributed by atoms with E-state index in [1.807, 2.05) is 0 Å². The Morgan fingerprint density at radius 2 is 1.85 bits per heavy atom. The number of aliphatic carboxylic acids is 1. The van der Waals surface area contributed by atoms with Crippen molar-refractivity contribution in [1.82, 2.24) is 0 Å². The van der Waals surface area contributed by atoms with Gasteiger partial charge < -0.3 is 20.6 Å². The molecule has 0 saturated carbocycles. The molecule has 0 aromatic heterocycles. The van der Waals surface area contributed by atoms with Crippen LogP contribution in [0.25, 0.3) is 0 Å². The molecule has 1 rings (SSSR count). The van der Waals surface area contributed by atoms with Gasteiger partial charge in [0.1, 0.15) is 0 Å². The average Bonchev–Trinajstić information content (AvgIpc) is 2.40. The zero-order chi connectivity index (χ0) is 15.0. The normalized spacial score (nSPS) is 10.4. The van der Waals surface area contributed by atoms with Gasteiger partial charge in [-0.3, -0.25) is 4.79 Å². The van der Waals surface area contributed by atoms with Crippen molar-refractivity contribution in [3.8, 4) is 11.5 Å². The summed E-state index contributed by atoms with van der Waals surface area (Å²) in [4.78, 5) is 10.6. The highest BCUT2D eigenvalue weighted by molar-refractivity contribution is 5.68. The molecule has 1 aromatic carbocycles.